The summed E-state index contributed by atoms with van der Waals surface area (Å²) in [7, 11) is 1.72. The number of aromatic nitrogens is 2. The van der Waals surface area contributed by atoms with Crippen LogP contribution in [0.25, 0.3) is 0 Å². The molecule has 4 nitrogen and oxygen atoms in total. The summed E-state index contributed by atoms with van der Waals surface area (Å²) >= 11 is 5.82. The molecule has 1 rings (SSSR count). The Morgan fingerprint density at radius 2 is 2.24 bits per heavy atom. The van der Waals surface area contributed by atoms with Crippen LogP contribution in [0.2, 0.25) is 0 Å². The molecule has 1 heterocycles. The van der Waals surface area contributed by atoms with Crippen molar-refractivity contribution in [1.82, 2.24) is 14.7 Å². The monoisotopic (exact) mass is 259 g/mol. The molecule has 0 aliphatic heterocycles. The number of halogens is 1. The predicted molar refractivity (Wildman–Crippen MR) is 70.5 cm³/mol. The highest BCUT2D eigenvalue weighted by Gasteiger charge is 2.10. The van der Waals surface area contributed by atoms with Crippen LogP contribution in [0.3, 0.4) is 0 Å². The third-order valence-electron chi connectivity index (χ3n) is 2.68. The van der Waals surface area contributed by atoms with Gasteiger partial charge in [0.25, 0.3) is 0 Å². The van der Waals surface area contributed by atoms with Crippen molar-refractivity contribution in [3.63, 3.8) is 0 Å². The zero-order chi connectivity index (χ0) is 12.7. The largest absolute Gasteiger partial charge is 0.383 e. The molecule has 1 aromatic rings. The molecule has 0 bridgehead atoms. The molecule has 1 aromatic heterocycles. The lowest BCUT2D eigenvalue weighted by Crippen LogP contribution is -2.30. The number of aryl methyl sites for hydroxylation is 2. The van der Waals surface area contributed by atoms with Gasteiger partial charge in [0, 0.05) is 39.2 Å². The lowest BCUT2D eigenvalue weighted by Gasteiger charge is -2.20. The molecule has 0 aliphatic rings. The van der Waals surface area contributed by atoms with Crippen LogP contribution < -0.4 is 0 Å². The van der Waals surface area contributed by atoms with Gasteiger partial charge in [-0.3, -0.25) is 9.58 Å². The smallest absolute Gasteiger partial charge is 0.0597 e. The van der Waals surface area contributed by atoms with Gasteiger partial charge in [-0.2, -0.15) is 5.10 Å². The first kappa shape index (κ1) is 14.5. The van der Waals surface area contributed by atoms with E-state index in [0.717, 1.165) is 38.5 Å². The highest BCUT2D eigenvalue weighted by atomic mass is 35.5. The second-order valence-electron chi connectivity index (χ2n) is 4.05. The minimum atomic E-state index is 0.642. The Morgan fingerprint density at radius 1 is 1.47 bits per heavy atom. The Balaban J connectivity index is 2.63. The fourth-order valence-corrected chi connectivity index (χ4v) is 2.08. The Bertz CT molecular complexity index is 328. The minimum Gasteiger partial charge on any atom is -0.383 e. The molecule has 0 radical (unpaired) electrons. The van der Waals surface area contributed by atoms with Crippen molar-refractivity contribution in [3.05, 3.63) is 17.5 Å². The zero-order valence-electron chi connectivity index (χ0n) is 10.9. The minimum absolute atomic E-state index is 0.642. The Kier molecular flexibility index (Phi) is 6.55. The number of hydrogen-bond acceptors (Lipinski definition) is 3. The van der Waals surface area contributed by atoms with Crippen LogP contribution in [0.15, 0.2) is 6.07 Å². The average Bonchev–Trinajstić information content (AvgIpc) is 2.66. The van der Waals surface area contributed by atoms with Crippen LogP contribution in [0.4, 0.5) is 0 Å². The molecular formula is C12H22ClN3O. The van der Waals surface area contributed by atoms with E-state index >= 15 is 0 Å². The molecule has 0 aliphatic carbocycles. The van der Waals surface area contributed by atoms with Gasteiger partial charge in [-0.25, -0.2) is 0 Å². The molecule has 17 heavy (non-hydrogen) atoms. The van der Waals surface area contributed by atoms with Crippen LogP contribution in [-0.2, 0) is 17.8 Å². The van der Waals surface area contributed by atoms with Gasteiger partial charge in [-0.15, -0.1) is 11.6 Å². The lowest BCUT2D eigenvalue weighted by molar-refractivity contribution is 0.146. The second kappa shape index (κ2) is 7.69. The Morgan fingerprint density at radius 3 is 2.82 bits per heavy atom. The van der Waals surface area contributed by atoms with Gasteiger partial charge in [0.1, 0.15) is 0 Å². The SMILES string of the molecule is CCn1nc(C)cc1CN(CCCl)CCOC. The van der Waals surface area contributed by atoms with E-state index in [2.05, 4.69) is 23.0 Å². The van der Waals surface area contributed by atoms with Crippen molar-refractivity contribution in [2.24, 2.45) is 0 Å². The van der Waals surface area contributed by atoms with Crippen molar-refractivity contribution in [2.45, 2.75) is 26.9 Å². The third kappa shape index (κ3) is 4.66. The molecule has 98 valence electrons. The summed E-state index contributed by atoms with van der Waals surface area (Å²) in [5.74, 6) is 0.642. The van der Waals surface area contributed by atoms with Gasteiger partial charge in [-0.05, 0) is 19.9 Å². The molecule has 0 fully saturated rings. The molecule has 0 saturated carbocycles. The van der Waals surface area contributed by atoms with Gasteiger partial charge >= 0.3 is 0 Å². The van der Waals surface area contributed by atoms with E-state index in [4.69, 9.17) is 16.3 Å². The van der Waals surface area contributed by atoms with Crippen LogP contribution in [-0.4, -0.2) is 47.4 Å². The average molecular weight is 260 g/mol. The molecule has 0 atom stereocenters. The van der Waals surface area contributed by atoms with Gasteiger partial charge in [0.05, 0.1) is 18.0 Å². The first-order valence-corrected chi connectivity index (χ1v) is 6.55. The molecule has 5 heteroatoms. The first-order valence-electron chi connectivity index (χ1n) is 6.01. The van der Waals surface area contributed by atoms with E-state index in [9.17, 15) is 0 Å². The first-order chi connectivity index (χ1) is 8.21. The topological polar surface area (TPSA) is 30.3 Å². The maximum Gasteiger partial charge on any atom is 0.0597 e. The molecule has 0 aromatic carbocycles. The van der Waals surface area contributed by atoms with E-state index < -0.39 is 0 Å². The summed E-state index contributed by atoms with van der Waals surface area (Å²) in [6.45, 7) is 8.42. The summed E-state index contributed by atoms with van der Waals surface area (Å²) in [6.07, 6.45) is 0. The van der Waals surface area contributed by atoms with Gasteiger partial charge in [0.15, 0.2) is 0 Å². The summed E-state index contributed by atoms with van der Waals surface area (Å²) in [4.78, 5) is 2.29. The number of ether oxygens (including phenoxy) is 1. The summed E-state index contributed by atoms with van der Waals surface area (Å²) in [6, 6.07) is 2.14. The fourth-order valence-electron chi connectivity index (χ4n) is 1.84. The predicted octanol–water partition coefficient (Wildman–Crippen LogP) is 1.90. The Labute approximate surface area is 108 Å². The quantitative estimate of drug-likeness (QED) is 0.668. The van der Waals surface area contributed by atoms with Crippen LogP contribution >= 0.6 is 11.6 Å². The van der Waals surface area contributed by atoms with Crippen molar-refractivity contribution in [1.29, 1.82) is 0 Å². The van der Waals surface area contributed by atoms with E-state index in [0.29, 0.717) is 5.88 Å². The van der Waals surface area contributed by atoms with E-state index in [1.165, 1.54) is 5.69 Å². The lowest BCUT2D eigenvalue weighted by atomic mass is 10.3. The van der Waals surface area contributed by atoms with Crippen LogP contribution in [0.1, 0.15) is 18.3 Å². The zero-order valence-corrected chi connectivity index (χ0v) is 11.7. The molecular weight excluding hydrogens is 238 g/mol. The van der Waals surface area contributed by atoms with Gasteiger partial charge in [-0.1, -0.05) is 0 Å². The summed E-state index contributed by atoms with van der Waals surface area (Å²) in [5, 5.41) is 4.45. The number of methoxy groups -OCH3 is 1. The van der Waals surface area contributed by atoms with E-state index in [-0.39, 0.29) is 0 Å². The number of hydrogen-bond donors (Lipinski definition) is 0. The standard InChI is InChI=1S/C12H22ClN3O/c1-4-16-12(9-11(2)14-16)10-15(6-5-13)7-8-17-3/h9H,4-8,10H2,1-3H3. The number of nitrogens with zero attached hydrogens (tertiary/aromatic N) is 3. The van der Waals surface area contributed by atoms with E-state index in [1.807, 2.05) is 11.6 Å². The molecule has 0 N–H and O–H groups in total. The normalized spacial score (nSPS) is 11.4. The second-order valence-corrected chi connectivity index (χ2v) is 4.43. The fraction of sp³-hybridized carbons (Fsp3) is 0.750. The highest BCUT2D eigenvalue weighted by Crippen LogP contribution is 2.08. The van der Waals surface area contributed by atoms with Gasteiger partial charge < -0.3 is 4.74 Å². The van der Waals surface area contributed by atoms with Crippen LogP contribution in [0, 0.1) is 6.92 Å². The number of alkyl halides is 1. The van der Waals surface area contributed by atoms with Crippen molar-refractivity contribution >= 4 is 11.6 Å². The maximum atomic E-state index is 5.82. The highest BCUT2D eigenvalue weighted by molar-refractivity contribution is 6.18. The Hall–Kier alpha value is -0.580. The maximum absolute atomic E-state index is 5.82. The number of rotatable bonds is 8. The van der Waals surface area contributed by atoms with Gasteiger partial charge in [0.2, 0.25) is 0 Å². The van der Waals surface area contributed by atoms with E-state index in [1.54, 1.807) is 7.11 Å². The van der Waals surface area contributed by atoms with Crippen molar-refractivity contribution in [2.75, 3.05) is 32.7 Å². The summed E-state index contributed by atoms with van der Waals surface area (Å²) < 4.78 is 7.16. The molecule has 0 unspecified atom stereocenters. The molecule has 0 saturated heterocycles. The van der Waals surface area contributed by atoms with Crippen molar-refractivity contribution in [3.8, 4) is 0 Å². The molecule has 0 spiro atoms. The van der Waals surface area contributed by atoms with Crippen LogP contribution in [0.5, 0.6) is 0 Å². The summed E-state index contributed by atoms with van der Waals surface area (Å²) in [5.41, 5.74) is 2.31. The molecule has 0 amide bonds. The van der Waals surface area contributed by atoms with Crippen molar-refractivity contribution < 1.29 is 4.74 Å². The third-order valence-corrected chi connectivity index (χ3v) is 2.85.